The summed E-state index contributed by atoms with van der Waals surface area (Å²) in [5.41, 5.74) is 1.73. The van der Waals surface area contributed by atoms with Crippen LogP contribution in [0.4, 0.5) is 0 Å². The van der Waals surface area contributed by atoms with Gasteiger partial charge in [0.1, 0.15) is 5.78 Å². The molecule has 0 amide bonds. The SMILES string of the molecule is CCSCCC[C@]12CCC(=O)C=C1CC[C@@H]1[C@H]2CC[C@]2(C)C(=O)CC[C@@H]12. The van der Waals surface area contributed by atoms with Gasteiger partial charge in [-0.15, -0.1) is 0 Å². The van der Waals surface area contributed by atoms with Crippen molar-refractivity contribution in [3.8, 4) is 0 Å². The molecule has 2 nitrogen and oxygen atoms in total. The van der Waals surface area contributed by atoms with Crippen LogP contribution in [-0.2, 0) is 9.59 Å². The second-order valence-corrected chi connectivity index (χ2v) is 10.8. The van der Waals surface area contributed by atoms with E-state index >= 15 is 0 Å². The van der Waals surface area contributed by atoms with E-state index in [2.05, 4.69) is 13.8 Å². The van der Waals surface area contributed by atoms with Gasteiger partial charge in [-0.2, -0.15) is 11.8 Å². The number of fused-ring (bicyclic) bond motifs is 5. The van der Waals surface area contributed by atoms with Crippen molar-refractivity contribution in [3.63, 3.8) is 0 Å². The minimum atomic E-state index is -0.0356. The molecule has 3 fully saturated rings. The maximum atomic E-state index is 12.6. The third kappa shape index (κ3) is 2.84. The highest BCUT2D eigenvalue weighted by Gasteiger charge is 2.59. The lowest BCUT2D eigenvalue weighted by Crippen LogP contribution is -2.51. The summed E-state index contributed by atoms with van der Waals surface area (Å²) in [6.45, 7) is 4.51. The maximum absolute atomic E-state index is 12.6. The molecular weight excluding hydrogens is 340 g/mol. The van der Waals surface area contributed by atoms with Crippen LogP contribution in [0.15, 0.2) is 11.6 Å². The zero-order valence-corrected chi connectivity index (χ0v) is 17.3. The van der Waals surface area contributed by atoms with Crippen molar-refractivity contribution in [1.82, 2.24) is 0 Å². The molecule has 0 bridgehead atoms. The summed E-state index contributed by atoms with van der Waals surface area (Å²) < 4.78 is 0. The molecule has 0 aromatic heterocycles. The van der Waals surface area contributed by atoms with Gasteiger partial charge in [0.15, 0.2) is 5.78 Å². The molecule has 0 aromatic rings. The van der Waals surface area contributed by atoms with Crippen LogP contribution in [0.5, 0.6) is 0 Å². The van der Waals surface area contributed by atoms with Crippen molar-refractivity contribution in [2.24, 2.45) is 28.6 Å². The average molecular weight is 375 g/mol. The van der Waals surface area contributed by atoms with E-state index in [1.165, 1.54) is 42.8 Å². The number of Topliss-reactive ketones (excluding diaryl/α,β-unsaturated/α-hetero) is 1. The summed E-state index contributed by atoms with van der Waals surface area (Å²) >= 11 is 2.05. The number of ketones is 2. The molecule has 4 aliphatic carbocycles. The molecule has 0 N–H and O–H groups in total. The lowest BCUT2D eigenvalue weighted by molar-refractivity contribution is -0.133. The summed E-state index contributed by atoms with van der Waals surface area (Å²) in [7, 11) is 0. The normalized spacial score (nSPS) is 42.1. The minimum absolute atomic E-state index is 0.0356. The van der Waals surface area contributed by atoms with Gasteiger partial charge in [-0.25, -0.2) is 0 Å². The molecule has 4 aliphatic rings. The van der Waals surface area contributed by atoms with E-state index in [0.717, 1.165) is 38.5 Å². The van der Waals surface area contributed by atoms with Gasteiger partial charge in [-0.05, 0) is 92.1 Å². The van der Waals surface area contributed by atoms with Crippen LogP contribution in [0.3, 0.4) is 0 Å². The molecule has 0 aromatic carbocycles. The van der Waals surface area contributed by atoms with Gasteiger partial charge in [0, 0.05) is 18.3 Å². The molecule has 0 aliphatic heterocycles. The van der Waals surface area contributed by atoms with Crippen LogP contribution in [-0.4, -0.2) is 23.1 Å². The van der Waals surface area contributed by atoms with Crippen molar-refractivity contribution < 1.29 is 9.59 Å². The Hall–Kier alpha value is -0.570. The van der Waals surface area contributed by atoms with Crippen LogP contribution in [0.1, 0.15) is 78.1 Å². The highest BCUT2D eigenvalue weighted by Crippen LogP contribution is 2.65. The Balaban J connectivity index is 1.63. The summed E-state index contributed by atoms with van der Waals surface area (Å²) in [5.74, 6) is 5.37. The molecule has 3 heteroatoms. The number of carbonyl (C=O) groups excluding carboxylic acids is 2. The molecule has 0 unspecified atom stereocenters. The van der Waals surface area contributed by atoms with Gasteiger partial charge in [-0.3, -0.25) is 9.59 Å². The molecule has 5 atom stereocenters. The Morgan fingerprint density at radius 1 is 1.08 bits per heavy atom. The second-order valence-electron chi connectivity index (χ2n) is 9.43. The molecule has 26 heavy (non-hydrogen) atoms. The predicted octanol–water partition coefficient (Wildman–Crippen LogP) is 5.60. The molecule has 0 saturated heterocycles. The van der Waals surface area contributed by atoms with Gasteiger partial charge in [0.25, 0.3) is 0 Å². The third-order valence-electron chi connectivity index (χ3n) is 8.51. The van der Waals surface area contributed by atoms with E-state index in [0.29, 0.717) is 29.3 Å². The van der Waals surface area contributed by atoms with Crippen molar-refractivity contribution in [2.45, 2.75) is 78.1 Å². The standard InChI is InChI=1S/C23H34O2S/c1-3-26-14-4-11-23-13-9-17(24)15-16(23)5-6-18-19-7-8-21(25)22(19,2)12-10-20(18)23/h15,18-20H,3-14H2,1-2H3/t18-,19-,20+,22-,23-/m0/s1. The van der Waals surface area contributed by atoms with Crippen LogP contribution in [0, 0.1) is 28.6 Å². The first-order chi connectivity index (χ1) is 12.5. The van der Waals surface area contributed by atoms with Crippen LogP contribution < -0.4 is 0 Å². The molecule has 0 spiro atoms. The van der Waals surface area contributed by atoms with Crippen LogP contribution >= 0.6 is 11.8 Å². The lowest BCUT2D eigenvalue weighted by Gasteiger charge is -2.58. The van der Waals surface area contributed by atoms with Gasteiger partial charge >= 0.3 is 0 Å². The number of rotatable bonds is 5. The van der Waals surface area contributed by atoms with Crippen molar-refractivity contribution in [3.05, 3.63) is 11.6 Å². The summed E-state index contributed by atoms with van der Waals surface area (Å²) in [5, 5.41) is 0. The number of carbonyl (C=O) groups is 2. The highest BCUT2D eigenvalue weighted by molar-refractivity contribution is 7.99. The highest BCUT2D eigenvalue weighted by atomic mass is 32.2. The van der Waals surface area contributed by atoms with Crippen molar-refractivity contribution in [2.75, 3.05) is 11.5 Å². The Labute approximate surface area is 163 Å². The topological polar surface area (TPSA) is 34.1 Å². The molecule has 3 saturated carbocycles. The third-order valence-corrected chi connectivity index (χ3v) is 9.50. The molecule has 144 valence electrons. The largest absolute Gasteiger partial charge is 0.299 e. The molecule has 0 heterocycles. The summed E-state index contributed by atoms with van der Waals surface area (Å²) in [6.07, 6.45) is 12.9. The number of thioether (sulfide) groups is 1. The summed E-state index contributed by atoms with van der Waals surface area (Å²) in [6, 6.07) is 0. The smallest absolute Gasteiger partial charge is 0.155 e. The van der Waals surface area contributed by atoms with E-state index in [9.17, 15) is 9.59 Å². The van der Waals surface area contributed by atoms with E-state index in [4.69, 9.17) is 0 Å². The molecular formula is C23H34O2S. The second kappa shape index (κ2) is 7.11. The fourth-order valence-corrected chi connectivity index (χ4v) is 7.87. The first-order valence-electron chi connectivity index (χ1n) is 10.9. The van der Waals surface area contributed by atoms with Crippen LogP contribution in [0.2, 0.25) is 0 Å². The fourth-order valence-electron chi connectivity index (χ4n) is 7.24. The lowest BCUT2D eigenvalue weighted by atomic mass is 9.46. The number of hydrogen-bond donors (Lipinski definition) is 0. The van der Waals surface area contributed by atoms with E-state index < -0.39 is 0 Å². The van der Waals surface area contributed by atoms with Gasteiger partial charge in [-0.1, -0.05) is 19.4 Å². The predicted molar refractivity (Wildman–Crippen MR) is 108 cm³/mol. The quantitative estimate of drug-likeness (QED) is 0.587. The van der Waals surface area contributed by atoms with Crippen molar-refractivity contribution >= 4 is 23.3 Å². The number of allylic oxidation sites excluding steroid dienone is 1. The Kier molecular flexibility index (Phi) is 5.14. The Morgan fingerprint density at radius 3 is 2.73 bits per heavy atom. The maximum Gasteiger partial charge on any atom is 0.155 e. The minimum Gasteiger partial charge on any atom is -0.299 e. The van der Waals surface area contributed by atoms with Gasteiger partial charge in [0.05, 0.1) is 0 Å². The Bertz CT molecular complexity index is 624. The Morgan fingerprint density at radius 2 is 1.92 bits per heavy atom. The zero-order chi connectivity index (χ0) is 18.4. The number of hydrogen-bond acceptors (Lipinski definition) is 3. The summed E-state index contributed by atoms with van der Waals surface area (Å²) in [4.78, 5) is 24.7. The average Bonchev–Trinajstić information content (AvgIpc) is 2.94. The fraction of sp³-hybridized carbons (Fsp3) is 0.826. The van der Waals surface area contributed by atoms with E-state index in [1.807, 2.05) is 17.8 Å². The van der Waals surface area contributed by atoms with E-state index in [1.54, 1.807) is 0 Å². The molecule has 0 radical (unpaired) electrons. The first-order valence-corrected chi connectivity index (χ1v) is 12.0. The first kappa shape index (κ1) is 18.8. The van der Waals surface area contributed by atoms with Crippen molar-refractivity contribution in [1.29, 1.82) is 0 Å². The van der Waals surface area contributed by atoms with Gasteiger partial charge in [0.2, 0.25) is 0 Å². The molecule has 4 rings (SSSR count). The van der Waals surface area contributed by atoms with Crippen LogP contribution in [0.25, 0.3) is 0 Å². The zero-order valence-electron chi connectivity index (χ0n) is 16.5. The van der Waals surface area contributed by atoms with Gasteiger partial charge < -0.3 is 0 Å². The van der Waals surface area contributed by atoms with E-state index in [-0.39, 0.29) is 10.8 Å². The monoisotopic (exact) mass is 374 g/mol.